The Morgan fingerprint density at radius 1 is 0.857 bits per heavy atom. The van der Waals surface area contributed by atoms with Crippen LogP contribution in [0.15, 0.2) is 90.2 Å². The van der Waals surface area contributed by atoms with Gasteiger partial charge in [0.1, 0.15) is 11.6 Å². The fourth-order valence-corrected chi connectivity index (χ4v) is 3.97. The zero-order valence-corrected chi connectivity index (χ0v) is 19.3. The number of anilines is 4. The van der Waals surface area contributed by atoms with Crippen LogP contribution >= 0.6 is 0 Å². The van der Waals surface area contributed by atoms with Crippen molar-refractivity contribution < 1.29 is 17.9 Å². The lowest BCUT2D eigenvalue weighted by molar-refractivity contribution is 0.0962. The van der Waals surface area contributed by atoms with Gasteiger partial charge in [0.2, 0.25) is 5.95 Å². The third-order valence-corrected chi connectivity index (χ3v) is 6.06. The van der Waals surface area contributed by atoms with Crippen molar-refractivity contribution in [2.75, 3.05) is 22.6 Å². The molecule has 0 atom stereocenters. The summed E-state index contributed by atoms with van der Waals surface area (Å²) < 4.78 is 32.7. The van der Waals surface area contributed by atoms with Crippen LogP contribution in [0.3, 0.4) is 0 Å². The molecule has 12 heteroatoms. The number of hydrazine groups is 1. The van der Waals surface area contributed by atoms with E-state index in [1.807, 2.05) is 0 Å². The Labute approximate surface area is 201 Å². The summed E-state index contributed by atoms with van der Waals surface area (Å²) in [7, 11) is -2.19. The second-order valence-corrected chi connectivity index (χ2v) is 8.75. The van der Waals surface area contributed by atoms with Crippen molar-refractivity contribution >= 4 is 39.1 Å². The summed E-state index contributed by atoms with van der Waals surface area (Å²) in [5.41, 5.74) is 6.65. The van der Waals surface area contributed by atoms with Crippen molar-refractivity contribution in [2.24, 2.45) is 0 Å². The molecule has 0 saturated heterocycles. The molecule has 0 aliphatic heterocycles. The minimum Gasteiger partial charge on any atom is -0.497 e. The molecular formula is C23H21N7O4S. The van der Waals surface area contributed by atoms with Crippen LogP contribution in [0, 0.1) is 0 Å². The molecule has 0 aliphatic carbocycles. The molecule has 0 unspecified atom stereocenters. The fourth-order valence-electron chi connectivity index (χ4n) is 2.92. The second-order valence-electron chi connectivity index (χ2n) is 7.06. The van der Waals surface area contributed by atoms with Gasteiger partial charge in [-0.25, -0.2) is 13.4 Å². The number of rotatable bonds is 9. The van der Waals surface area contributed by atoms with Gasteiger partial charge in [-0.3, -0.25) is 25.4 Å². The van der Waals surface area contributed by atoms with Crippen LogP contribution in [0.5, 0.6) is 5.75 Å². The van der Waals surface area contributed by atoms with Gasteiger partial charge in [-0.1, -0.05) is 0 Å². The summed E-state index contributed by atoms with van der Waals surface area (Å²) in [4.78, 5) is 24.6. The molecule has 178 valence electrons. The minimum absolute atomic E-state index is 0.103. The van der Waals surface area contributed by atoms with Crippen LogP contribution < -0.4 is 25.6 Å². The van der Waals surface area contributed by atoms with Gasteiger partial charge in [0.25, 0.3) is 15.9 Å². The summed E-state index contributed by atoms with van der Waals surface area (Å²) >= 11 is 0. The molecule has 0 radical (unpaired) electrons. The number of ether oxygens (including phenoxy) is 1. The molecule has 4 aromatic rings. The number of sulfonamides is 1. The SMILES string of the molecule is COc1ccc(C(=O)NNc2nccc(Nc3ccc(S(=O)(=O)Nc4ccncc4)cc3)n2)cc1. The van der Waals surface area contributed by atoms with Gasteiger partial charge in [-0.2, -0.15) is 4.98 Å². The Balaban J connectivity index is 1.37. The number of aromatic nitrogens is 3. The van der Waals surface area contributed by atoms with Gasteiger partial charge >= 0.3 is 0 Å². The number of carbonyl (C=O) groups is 1. The van der Waals surface area contributed by atoms with E-state index in [0.717, 1.165) is 0 Å². The smallest absolute Gasteiger partial charge is 0.269 e. The van der Waals surface area contributed by atoms with Crippen LogP contribution in [0.1, 0.15) is 10.4 Å². The van der Waals surface area contributed by atoms with Crippen molar-refractivity contribution in [1.82, 2.24) is 20.4 Å². The van der Waals surface area contributed by atoms with Crippen molar-refractivity contribution in [3.05, 3.63) is 90.9 Å². The highest BCUT2D eigenvalue weighted by Crippen LogP contribution is 2.20. The quantitative estimate of drug-likeness (QED) is 0.259. The van der Waals surface area contributed by atoms with E-state index in [4.69, 9.17) is 4.74 Å². The van der Waals surface area contributed by atoms with Gasteiger partial charge in [-0.15, -0.1) is 0 Å². The van der Waals surface area contributed by atoms with Crippen LogP contribution in [-0.2, 0) is 10.0 Å². The maximum Gasteiger partial charge on any atom is 0.269 e. The lowest BCUT2D eigenvalue weighted by Crippen LogP contribution is -2.30. The van der Waals surface area contributed by atoms with E-state index in [0.29, 0.717) is 28.5 Å². The van der Waals surface area contributed by atoms with Gasteiger partial charge in [0.15, 0.2) is 0 Å². The number of benzene rings is 2. The molecule has 2 aromatic carbocycles. The highest BCUT2D eigenvalue weighted by atomic mass is 32.2. The lowest BCUT2D eigenvalue weighted by Gasteiger charge is -2.11. The maximum atomic E-state index is 12.6. The van der Waals surface area contributed by atoms with E-state index < -0.39 is 10.0 Å². The van der Waals surface area contributed by atoms with E-state index in [1.54, 1.807) is 61.7 Å². The van der Waals surface area contributed by atoms with Crippen LogP contribution in [-0.4, -0.2) is 36.4 Å². The standard InChI is InChI=1S/C23H21N7O4S/c1-34-19-6-2-16(3-7-19)22(31)28-29-23-25-15-12-21(27-23)26-17-4-8-20(9-5-17)35(32,33)30-18-10-13-24-14-11-18/h2-15H,1H3,(H,24,30)(H,28,31)(H2,25,26,27,29). The number of carbonyl (C=O) groups excluding carboxylic acids is 1. The summed E-state index contributed by atoms with van der Waals surface area (Å²) in [6.45, 7) is 0. The first-order valence-electron chi connectivity index (χ1n) is 10.3. The molecule has 0 bridgehead atoms. The van der Waals surface area contributed by atoms with Gasteiger partial charge in [0, 0.05) is 29.8 Å². The molecule has 0 saturated carbocycles. The number of hydrogen-bond donors (Lipinski definition) is 4. The highest BCUT2D eigenvalue weighted by Gasteiger charge is 2.14. The Morgan fingerprint density at radius 2 is 1.57 bits per heavy atom. The number of hydrogen-bond acceptors (Lipinski definition) is 9. The largest absolute Gasteiger partial charge is 0.497 e. The number of nitrogens with one attached hydrogen (secondary N) is 4. The molecule has 0 aliphatic rings. The molecule has 4 rings (SSSR count). The first-order valence-corrected chi connectivity index (χ1v) is 11.7. The second kappa shape index (κ2) is 10.5. The average molecular weight is 492 g/mol. The predicted octanol–water partition coefficient (Wildman–Crippen LogP) is 3.18. The van der Waals surface area contributed by atoms with E-state index >= 15 is 0 Å². The monoisotopic (exact) mass is 491 g/mol. The number of methoxy groups -OCH3 is 1. The molecule has 35 heavy (non-hydrogen) atoms. The average Bonchev–Trinajstić information content (AvgIpc) is 2.88. The summed E-state index contributed by atoms with van der Waals surface area (Å²) in [6.07, 6.45) is 4.51. The van der Waals surface area contributed by atoms with Gasteiger partial charge < -0.3 is 10.1 Å². The topological polar surface area (TPSA) is 147 Å². The molecular weight excluding hydrogens is 470 g/mol. The fraction of sp³-hybridized carbons (Fsp3) is 0.0435. The summed E-state index contributed by atoms with van der Waals surface area (Å²) in [6, 6.07) is 17.6. The van der Waals surface area contributed by atoms with E-state index in [9.17, 15) is 13.2 Å². The molecule has 11 nitrogen and oxygen atoms in total. The van der Waals surface area contributed by atoms with Crippen molar-refractivity contribution in [2.45, 2.75) is 4.90 Å². The van der Waals surface area contributed by atoms with Crippen molar-refractivity contribution in [3.8, 4) is 5.75 Å². The van der Waals surface area contributed by atoms with Crippen LogP contribution in [0.4, 0.5) is 23.1 Å². The molecule has 2 heterocycles. The minimum atomic E-state index is -3.74. The van der Waals surface area contributed by atoms with Crippen LogP contribution in [0.25, 0.3) is 0 Å². The van der Waals surface area contributed by atoms with Crippen molar-refractivity contribution in [1.29, 1.82) is 0 Å². The Kier molecular flexibility index (Phi) is 7.02. The predicted molar refractivity (Wildman–Crippen MR) is 131 cm³/mol. The van der Waals surface area contributed by atoms with Gasteiger partial charge in [0.05, 0.1) is 17.7 Å². The van der Waals surface area contributed by atoms with Crippen molar-refractivity contribution in [3.63, 3.8) is 0 Å². The first kappa shape index (κ1) is 23.4. The maximum absolute atomic E-state index is 12.6. The number of pyridine rings is 1. The summed E-state index contributed by atoms with van der Waals surface area (Å²) in [5.74, 6) is 0.878. The normalized spacial score (nSPS) is 10.8. The Bertz CT molecular complexity index is 1400. The third-order valence-electron chi connectivity index (χ3n) is 4.67. The van der Waals surface area contributed by atoms with Crippen LogP contribution in [0.2, 0.25) is 0 Å². The molecule has 1 amide bonds. The number of nitrogens with zero attached hydrogens (tertiary/aromatic N) is 3. The van der Waals surface area contributed by atoms with Gasteiger partial charge in [-0.05, 0) is 66.7 Å². The third kappa shape index (κ3) is 6.21. The molecule has 0 spiro atoms. The lowest BCUT2D eigenvalue weighted by atomic mass is 10.2. The van der Waals surface area contributed by atoms with E-state index in [1.165, 1.54) is 30.7 Å². The Morgan fingerprint density at radius 3 is 2.26 bits per heavy atom. The summed E-state index contributed by atoms with van der Waals surface area (Å²) in [5, 5.41) is 3.06. The van der Waals surface area contributed by atoms with E-state index in [2.05, 4.69) is 35.8 Å². The molecule has 0 fully saturated rings. The zero-order valence-electron chi connectivity index (χ0n) is 18.5. The molecule has 4 N–H and O–H groups in total. The number of amides is 1. The van der Waals surface area contributed by atoms with E-state index in [-0.39, 0.29) is 16.8 Å². The first-order chi connectivity index (χ1) is 16.9. The Hall–Kier alpha value is -4.71. The highest BCUT2D eigenvalue weighted by molar-refractivity contribution is 7.92. The molecule has 2 aromatic heterocycles. The zero-order chi connectivity index (χ0) is 24.7.